The van der Waals surface area contributed by atoms with Crippen LogP contribution in [0.3, 0.4) is 0 Å². The van der Waals surface area contributed by atoms with Gasteiger partial charge in [0, 0.05) is 0 Å². The molecule has 0 unspecified atom stereocenters. The zero-order valence-corrected chi connectivity index (χ0v) is 8.57. The van der Waals surface area contributed by atoms with Crippen LogP contribution in [0.1, 0.15) is 5.56 Å². The zero-order chi connectivity index (χ0) is 12.4. The molecule has 1 aromatic carbocycles. The molecule has 2 N–H and O–H groups in total. The van der Waals surface area contributed by atoms with Crippen LogP contribution in [0.2, 0.25) is 0 Å². The smallest absolute Gasteiger partial charge is 0.331 e. The standard InChI is InChI=1S/C10H7N5O2/c11-5-7-2-1-3-8(4-7)14-10(12)9(6-13-14)15(16)17/h1-4,6H,12H2. The summed E-state index contributed by atoms with van der Waals surface area (Å²) in [5.41, 5.74) is 6.29. The number of nitrogen functional groups attached to an aromatic ring is 1. The summed E-state index contributed by atoms with van der Waals surface area (Å²) in [7, 11) is 0. The maximum atomic E-state index is 10.6. The predicted molar refractivity (Wildman–Crippen MR) is 59.3 cm³/mol. The topological polar surface area (TPSA) is 111 Å². The van der Waals surface area contributed by atoms with Crippen LogP contribution >= 0.6 is 0 Å². The van der Waals surface area contributed by atoms with Crippen LogP contribution in [0.15, 0.2) is 30.5 Å². The summed E-state index contributed by atoms with van der Waals surface area (Å²) in [5, 5.41) is 23.2. The Morgan fingerprint density at radius 2 is 2.29 bits per heavy atom. The third-order valence-corrected chi connectivity index (χ3v) is 2.20. The number of hydrogen-bond donors (Lipinski definition) is 1. The van der Waals surface area contributed by atoms with Gasteiger partial charge in [0.15, 0.2) is 0 Å². The maximum absolute atomic E-state index is 10.6. The molecule has 17 heavy (non-hydrogen) atoms. The van der Waals surface area contributed by atoms with E-state index in [0.717, 1.165) is 6.20 Å². The SMILES string of the molecule is N#Cc1cccc(-n2ncc([N+](=O)[O-])c2N)c1. The molecular weight excluding hydrogens is 222 g/mol. The van der Waals surface area contributed by atoms with Gasteiger partial charge in [-0.2, -0.15) is 10.4 Å². The van der Waals surface area contributed by atoms with Gasteiger partial charge in [-0.05, 0) is 18.2 Å². The van der Waals surface area contributed by atoms with Crippen molar-refractivity contribution in [2.45, 2.75) is 0 Å². The fraction of sp³-hybridized carbons (Fsp3) is 0. The molecule has 2 rings (SSSR count). The normalized spacial score (nSPS) is 9.82. The van der Waals surface area contributed by atoms with Crippen molar-refractivity contribution in [1.29, 1.82) is 5.26 Å². The van der Waals surface area contributed by atoms with Crippen molar-refractivity contribution in [3.63, 3.8) is 0 Å². The van der Waals surface area contributed by atoms with Crippen LogP contribution < -0.4 is 5.73 Å². The Morgan fingerprint density at radius 3 is 2.88 bits per heavy atom. The van der Waals surface area contributed by atoms with E-state index in [1.54, 1.807) is 24.3 Å². The summed E-state index contributed by atoms with van der Waals surface area (Å²) in [4.78, 5) is 10.0. The molecule has 0 saturated carbocycles. The van der Waals surface area contributed by atoms with Gasteiger partial charge in [0.05, 0.1) is 22.2 Å². The highest BCUT2D eigenvalue weighted by molar-refractivity contribution is 5.56. The van der Waals surface area contributed by atoms with Gasteiger partial charge in [-0.3, -0.25) is 10.1 Å². The fourth-order valence-electron chi connectivity index (χ4n) is 1.40. The molecule has 2 aromatic rings. The summed E-state index contributed by atoms with van der Waals surface area (Å²) in [6.07, 6.45) is 1.08. The Hall–Kier alpha value is -2.88. The summed E-state index contributed by atoms with van der Waals surface area (Å²) in [6, 6.07) is 8.46. The molecule has 0 fully saturated rings. The second-order valence-electron chi connectivity index (χ2n) is 3.25. The van der Waals surface area contributed by atoms with E-state index in [1.807, 2.05) is 6.07 Å². The number of nitrogens with zero attached hydrogens (tertiary/aromatic N) is 4. The molecule has 0 aliphatic rings. The second kappa shape index (κ2) is 3.94. The van der Waals surface area contributed by atoms with Crippen LogP contribution in [0.25, 0.3) is 5.69 Å². The van der Waals surface area contributed by atoms with Gasteiger partial charge in [0.25, 0.3) is 0 Å². The van der Waals surface area contributed by atoms with Crippen molar-refractivity contribution in [3.05, 3.63) is 46.1 Å². The van der Waals surface area contributed by atoms with Gasteiger partial charge in [-0.15, -0.1) is 0 Å². The average molecular weight is 229 g/mol. The Morgan fingerprint density at radius 1 is 1.53 bits per heavy atom. The summed E-state index contributed by atoms with van der Waals surface area (Å²) in [6.45, 7) is 0. The number of nitriles is 1. The third kappa shape index (κ3) is 1.79. The Labute approximate surface area is 95.8 Å². The van der Waals surface area contributed by atoms with E-state index < -0.39 is 4.92 Å². The summed E-state index contributed by atoms with van der Waals surface area (Å²) in [5.74, 6) is -0.0647. The number of hydrogen-bond acceptors (Lipinski definition) is 5. The molecule has 7 nitrogen and oxygen atoms in total. The Kier molecular flexibility index (Phi) is 2.46. The van der Waals surface area contributed by atoms with Crippen molar-refractivity contribution in [3.8, 4) is 11.8 Å². The number of nitro groups is 1. The molecule has 1 aromatic heterocycles. The minimum absolute atomic E-state index is 0.0647. The number of benzene rings is 1. The van der Waals surface area contributed by atoms with E-state index in [9.17, 15) is 10.1 Å². The van der Waals surface area contributed by atoms with Crippen molar-refractivity contribution < 1.29 is 4.92 Å². The maximum Gasteiger partial charge on any atom is 0.331 e. The molecule has 1 heterocycles. The van der Waals surface area contributed by atoms with Crippen LogP contribution in [-0.4, -0.2) is 14.7 Å². The van der Waals surface area contributed by atoms with Gasteiger partial charge < -0.3 is 5.73 Å². The number of nitrogens with two attached hydrogens (primary N) is 1. The predicted octanol–water partition coefficient (Wildman–Crippen LogP) is 1.23. The first-order valence-corrected chi connectivity index (χ1v) is 4.62. The third-order valence-electron chi connectivity index (χ3n) is 2.20. The first kappa shape index (κ1) is 10.6. The highest BCUT2D eigenvalue weighted by Crippen LogP contribution is 2.23. The first-order valence-electron chi connectivity index (χ1n) is 4.62. The molecule has 0 aliphatic carbocycles. The highest BCUT2D eigenvalue weighted by Gasteiger charge is 2.18. The molecule has 84 valence electrons. The van der Waals surface area contributed by atoms with Crippen molar-refractivity contribution >= 4 is 11.5 Å². The lowest BCUT2D eigenvalue weighted by atomic mass is 10.2. The van der Waals surface area contributed by atoms with Crippen molar-refractivity contribution in [2.75, 3.05) is 5.73 Å². The molecule has 0 aliphatic heterocycles. The van der Waals surface area contributed by atoms with Crippen molar-refractivity contribution in [1.82, 2.24) is 9.78 Å². The van der Waals surface area contributed by atoms with E-state index in [2.05, 4.69) is 5.10 Å². The van der Waals surface area contributed by atoms with Gasteiger partial charge in [-0.1, -0.05) is 6.07 Å². The second-order valence-corrected chi connectivity index (χ2v) is 3.25. The van der Waals surface area contributed by atoms with E-state index >= 15 is 0 Å². The van der Waals surface area contributed by atoms with E-state index in [-0.39, 0.29) is 11.5 Å². The molecule has 0 bridgehead atoms. The van der Waals surface area contributed by atoms with Gasteiger partial charge in [0.1, 0.15) is 6.20 Å². The van der Waals surface area contributed by atoms with Gasteiger partial charge >= 0.3 is 5.69 Å². The molecule has 0 atom stereocenters. The molecule has 0 saturated heterocycles. The zero-order valence-electron chi connectivity index (χ0n) is 8.57. The number of anilines is 1. The molecule has 0 radical (unpaired) electrons. The molecule has 7 heteroatoms. The van der Waals surface area contributed by atoms with Crippen molar-refractivity contribution in [2.24, 2.45) is 0 Å². The monoisotopic (exact) mass is 229 g/mol. The highest BCUT2D eigenvalue weighted by atomic mass is 16.6. The first-order chi connectivity index (χ1) is 8.13. The minimum atomic E-state index is -0.604. The summed E-state index contributed by atoms with van der Waals surface area (Å²) < 4.78 is 1.22. The van der Waals surface area contributed by atoms with Crippen LogP contribution in [0.5, 0.6) is 0 Å². The van der Waals surface area contributed by atoms with Gasteiger partial charge in [0.2, 0.25) is 5.82 Å². The Bertz CT molecular complexity index is 626. The number of aromatic nitrogens is 2. The number of rotatable bonds is 2. The minimum Gasteiger partial charge on any atom is -0.378 e. The molecule has 0 amide bonds. The summed E-state index contributed by atoms with van der Waals surface area (Å²) >= 11 is 0. The van der Waals surface area contributed by atoms with E-state index in [4.69, 9.17) is 11.0 Å². The van der Waals surface area contributed by atoms with Crippen LogP contribution in [-0.2, 0) is 0 Å². The van der Waals surface area contributed by atoms with Gasteiger partial charge in [-0.25, -0.2) is 4.68 Å². The lowest BCUT2D eigenvalue weighted by molar-refractivity contribution is -0.383. The molecule has 0 spiro atoms. The fourth-order valence-corrected chi connectivity index (χ4v) is 1.40. The lowest BCUT2D eigenvalue weighted by Crippen LogP contribution is -2.03. The average Bonchev–Trinajstić information content (AvgIpc) is 2.71. The Balaban J connectivity index is 2.54. The quantitative estimate of drug-likeness (QED) is 0.615. The van der Waals surface area contributed by atoms with E-state index in [0.29, 0.717) is 11.3 Å². The van der Waals surface area contributed by atoms with Crippen LogP contribution in [0, 0.1) is 21.4 Å². The largest absolute Gasteiger partial charge is 0.378 e. The van der Waals surface area contributed by atoms with E-state index in [1.165, 1.54) is 4.68 Å². The van der Waals surface area contributed by atoms with Crippen LogP contribution in [0.4, 0.5) is 11.5 Å². The molecular formula is C10H7N5O2. The lowest BCUT2D eigenvalue weighted by Gasteiger charge is -2.02.